The number of hydrogen-bond donors (Lipinski definition) is 1. The summed E-state index contributed by atoms with van der Waals surface area (Å²) in [6.45, 7) is 2.27. The van der Waals surface area contributed by atoms with Crippen molar-refractivity contribution >= 4 is 11.6 Å². The van der Waals surface area contributed by atoms with Crippen LogP contribution in [-0.4, -0.2) is 0 Å². The molecule has 2 nitrogen and oxygen atoms in total. The standard InChI is InChI=1S/C9H9ClN2/c1-6-2-3-9(10)8(5-12)7(6)4-11/h2-3H,4,11H2,1H3. The number of benzene rings is 1. The summed E-state index contributed by atoms with van der Waals surface area (Å²) in [5.74, 6) is 0. The number of nitrogens with two attached hydrogens (primary N) is 1. The fourth-order valence-corrected chi connectivity index (χ4v) is 1.33. The fourth-order valence-electron chi connectivity index (χ4n) is 1.11. The zero-order valence-corrected chi connectivity index (χ0v) is 7.52. The summed E-state index contributed by atoms with van der Waals surface area (Å²) < 4.78 is 0. The Morgan fingerprint density at radius 3 is 2.67 bits per heavy atom. The Morgan fingerprint density at radius 2 is 2.25 bits per heavy atom. The molecule has 0 atom stereocenters. The zero-order valence-electron chi connectivity index (χ0n) is 6.76. The first-order valence-electron chi connectivity index (χ1n) is 3.59. The van der Waals surface area contributed by atoms with Crippen LogP contribution < -0.4 is 5.73 Å². The maximum absolute atomic E-state index is 8.76. The van der Waals surface area contributed by atoms with Gasteiger partial charge >= 0.3 is 0 Å². The van der Waals surface area contributed by atoms with Crippen molar-refractivity contribution in [3.8, 4) is 6.07 Å². The van der Waals surface area contributed by atoms with Crippen molar-refractivity contribution in [1.29, 1.82) is 5.26 Å². The van der Waals surface area contributed by atoms with Gasteiger partial charge in [0, 0.05) is 6.54 Å². The molecule has 1 aromatic carbocycles. The minimum Gasteiger partial charge on any atom is -0.326 e. The third-order valence-electron chi connectivity index (χ3n) is 1.81. The van der Waals surface area contributed by atoms with E-state index in [0.29, 0.717) is 17.1 Å². The van der Waals surface area contributed by atoms with Crippen molar-refractivity contribution in [2.24, 2.45) is 5.73 Å². The van der Waals surface area contributed by atoms with Crippen molar-refractivity contribution < 1.29 is 0 Å². The molecule has 62 valence electrons. The summed E-state index contributed by atoms with van der Waals surface area (Å²) in [5, 5.41) is 9.24. The van der Waals surface area contributed by atoms with E-state index in [2.05, 4.69) is 0 Å². The van der Waals surface area contributed by atoms with E-state index in [-0.39, 0.29) is 0 Å². The summed E-state index contributed by atoms with van der Waals surface area (Å²) >= 11 is 5.80. The molecule has 1 rings (SSSR count). The molecule has 0 aliphatic rings. The van der Waals surface area contributed by atoms with Crippen molar-refractivity contribution in [2.75, 3.05) is 0 Å². The van der Waals surface area contributed by atoms with E-state index in [1.807, 2.05) is 19.1 Å². The zero-order chi connectivity index (χ0) is 9.14. The maximum atomic E-state index is 8.76. The highest BCUT2D eigenvalue weighted by atomic mass is 35.5. The van der Waals surface area contributed by atoms with Crippen molar-refractivity contribution in [3.05, 3.63) is 33.8 Å². The number of nitriles is 1. The lowest BCUT2D eigenvalue weighted by Crippen LogP contribution is -2.02. The molecule has 0 aliphatic carbocycles. The lowest BCUT2D eigenvalue weighted by Gasteiger charge is -2.05. The minimum atomic E-state index is 0.356. The third kappa shape index (κ3) is 1.42. The van der Waals surface area contributed by atoms with E-state index in [1.165, 1.54) is 0 Å². The quantitative estimate of drug-likeness (QED) is 0.719. The molecule has 0 amide bonds. The first kappa shape index (κ1) is 9.05. The van der Waals surface area contributed by atoms with Crippen LogP contribution in [0.1, 0.15) is 16.7 Å². The Bertz CT molecular complexity index is 339. The summed E-state index contributed by atoms with van der Waals surface area (Å²) in [6.07, 6.45) is 0. The van der Waals surface area contributed by atoms with Crippen LogP contribution in [0.25, 0.3) is 0 Å². The molecule has 3 heteroatoms. The van der Waals surface area contributed by atoms with Gasteiger partial charge in [0.1, 0.15) is 6.07 Å². The van der Waals surface area contributed by atoms with E-state index in [0.717, 1.165) is 11.1 Å². The van der Waals surface area contributed by atoms with E-state index in [9.17, 15) is 0 Å². The Balaban J connectivity index is 3.41. The van der Waals surface area contributed by atoms with Crippen LogP contribution in [0.2, 0.25) is 5.02 Å². The van der Waals surface area contributed by atoms with Crippen molar-refractivity contribution in [3.63, 3.8) is 0 Å². The van der Waals surface area contributed by atoms with Gasteiger partial charge in [-0.15, -0.1) is 0 Å². The smallest absolute Gasteiger partial charge is 0.101 e. The predicted molar refractivity (Wildman–Crippen MR) is 48.8 cm³/mol. The average molecular weight is 181 g/mol. The third-order valence-corrected chi connectivity index (χ3v) is 2.13. The topological polar surface area (TPSA) is 49.8 Å². The monoisotopic (exact) mass is 180 g/mol. The number of aryl methyl sites for hydroxylation is 1. The Hall–Kier alpha value is -1.04. The van der Waals surface area contributed by atoms with Crippen LogP contribution in [0, 0.1) is 18.3 Å². The van der Waals surface area contributed by atoms with E-state index in [1.54, 1.807) is 6.07 Å². The maximum Gasteiger partial charge on any atom is 0.101 e. The molecule has 0 spiro atoms. The molecule has 12 heavy (non-hydrogen) atoms. The highest BCUT2D eigenvalue weighted by Gasteiger charge is 2.07. The van der Waals surface area contributed by atoms with Crippen molar-refractivity contribution in [1.82, 2.24) is 0 Å². The second kappa shape index (κ2) is 3.57. The number of nitrogens with zero attached hydrogens (tertiary/aromatic N) is 1. The molecular weight excluding hydrogens is 172 g/mol. The van der Waals surface area contributed by atoms with Crippen molar-refractivity contribution in [2.45, 2.75) is 13.5 Å². The van der Waals surface area contributed by atoms with E-state index >= 15 is 0 Å². The Morgan fingerprint density at radius 1 is 1.58 bits per heavy atom. The first-order valence-corrected chi connectivity index (χ1v) is 3.96. The van der Waals surface area contributed by atoms with E-state index < -0.39 is 0 Å². The lowest BCUT2D eigenvalue weighted by atomic mass is 10.0. The summed E-state index contributed by atoms with van der Waals surface area (Å²) in [7, 11) is 0. The molecular formula is C9H9ClN2. The van der Waals surface area contributed by atoms with Gasteiger partial charge in [0.2, 0.25) is 0 Å². The SMILES string of the molecule is Cc1ccc(Cl)c(C#N)c1CN. The molecule has 0 radical (unpaired) electrons. The first-order chi connectivity index (χ1) is 5.70. The second-order valence-electron chi connectivity index (χ2n) is 2.53. The summed E-state index contributed by atoms with van der Waals surface area (Å²) in [5.41, 5.74) is 7.84. The highest BCUT2D eigenvalue weighted by Crippen LogP contribution is 2.21. The summed E-state index contributed by atoms with van der Waals surface area (Å²) in [6, 6.07) is 5.63. The van der Waals surface area contributed by atoms with Crippen LogP contribution in [-0.2, 0) is 6.54 Å². The average Bonchev–Trinajstić information content (AvgIpc) is 2.08. The molecule has 0 saturated heterocycles. The van der Waals surface area contributed by atoms with Crippen LogP contribution in [0.3, 0.4) is 0 Å². The van der Waals surface area contributed by atoms with Crippen LogP contribution in [0.4, 0.5) is 0 Å². The van der Waals surface area contributed by atoms with Crippen LogP contribution >= 0.6 is 11.6 Å². The van der Waals surface area contributed by atoms with Gasteiger partial charge in [-0.25, -0.2) is 0 Å². The molecule has 0 aromatic heterocycles. The summed E-state index contributed by atoms with van der Waals surface area (Å²) in [4.78, 5) is 0. The molecule has 0 bridgehead atoms. The van der Waals surface area contributed by atoms with Gasteiger partial charge in [0.15, 0.2) is 0 Å². The Kier molecular flexibility index (Phi) is 2.69. The molecule has 2 N–H and O–H groups in total. The predicted octanol–water partition coefficient (Wildman–Crippen LogP) is 1.98. The largest absolute Gasteiger partial charge is 0.326 e. The van der Waals surface area contributed by atoms with Gasteiger partial charge in [-0.2, -0.15) is 5.26 Å². The van der Waals surface area contributed by atoms with Gasteiger partial charge < -0.3 is 5.73 Å². The molecule has 0 unspecified atom stereocenters. The number of rotatable bonds is 1. The molecule has 0 fully saturated rings. The highest BCUT2D eigenvalue weighted by molar-refractivity contribution is 6.31. The Labute approximate surface area is 76.6 Å². The molecule has 1 aromatic rings. The second-order valence-corrected chi connectivity index (χ2v) is 2.94. The minimum absolute atomic E-state index is 0.356. The molecule has 0 saturated carbocycles. The van der Waals surface area contributed by atoms with Gasteiger partial charge in [-0.05, 0) is 24.1 Å². The van der Waals surface area contributed by atoms with Gasteiger partial charge in [-0.3, -0.25) is 0 Å². The lowest BCUT2D eigenvalue weighted by molar-refractivity contribution is 1.04. The van der Waals surface area contributed by atoms with E-state index in [4.69, 9.17) is 22.6 Å². The van der Waals surface area contributed by atoms with Gasteiger partial charge in [0.05, 0.1) is 10.6 Å². The fraction of sp³-hybridized carbons (Fsp3) is 0.222. The van der Waals surface area contributed by atoms with Crippen LogP contribution in [0.5, 0.6) is 0 Å². The molecule has 0 aliphatic heterocycles. The number of hydrogen-bond acceptors (Lipinski definition) is 2. The normalized spacial score (nSPS) is 9.50. The number of halogens is 1. The van der Waals surface area contributed by atoms with Crippen LogP contribution in [0.15, 0.2) is 12.1 Å². The van der Waals surface area contributed by atoms with Gasteiger partial charge in [-0.1, -0.05) is 17.7 Å². The molecule has 0 heterocycles. The van der Waals surface area contributed by atoms with Gasteiger partial charge in [0.25, 0.3) is 0 Å².